The molecule has 144 valence electrons. The van der Waals surface area contributed by atoms with Gasteiger partial charge in [0.2, 0.25) is 0 Å². The minimum absolute atomic E-state index is 0. The van der Waals surface area contributed by atoms with E-state index >= 15 is 0 Å². The smallest absolute Gasteiger partial charge is 0.339 e. The Kier molecular flexibility index (Phi) is 21.9. The number of hydrogen-bond acceptors (Lipinski definition) is 5. The third-order valence-corrected chi connectivity index (χ3v) is 2.24. The first-order valence-corrected chi connectivity index (χ1v) is 5.42. The van der Waals surface area contributed by atoms with Gasteiger partial charge in [-0.05, 0) is 17.7 Å². The van der Waals surface area contributed by atoms with Crippen LogP contribution in [0.25, 0.3) is 0 Å². The van der Waals surface area contributed by atoms with Crippen LogP contribution >= 0.6 is 0 Å². The molecule has 0 aliphatic rings. The van der Waals surface area contributed by atoms with Crippen LogP contribution in [0.15, 0.2) is 48.5 Å². The molecule has 0 fully saturated rings. The van der Waals surface area contributed by atoms with Gasteiger partial charge in [-0.25, -0.2) is 4.79 Å². The number of benzene rings is 2. The molecule has 11 heteroatoms. The van der Waals surface area contributed by atoms with Gasteiger partial charge in [0, 0.05) is 17.1 Å². The van der Waals surface area contributed by atoms with Crippen LogP contribution in [0.3, 0.4) is 0 Å². The minimum Gasteiger partial charge on any atom is -0.872 e. The molecular formula is C14H18FeO10-2. The molecule has 0 bridgehead atoms. The molecule has 0 amide bonds. The third-order valence-electron chi connectivity index (χ3n) is 2.24. The van der Waals surface area contributed by atoms with Gasteiger partial charge in [0.15, 0.2) is 0 Å². The summed E-state index contributed by atoms with van der Waals surface area (Å²) >= 11 is 0. The second kappa shape index (κ2) is 16.2. The number of carbonyl (C=O) groups excluding carboxylic acids is 1. The molecule has 10 nitrogen and oxygen atoms in total. The van der Waals surface area contributed by atoms with Gasteiger partial charge >= 0.3 is 5.97 Å². The second-order valence-electron chi connectivity index (χ2n) is 3.61. The van der Waals surface area contributed by atoms with Crippen LogP contribution in [0.5, 0.6) is 11.5 Å². The molecule has 0 saturated heterocycles. The van der Waals surface area contributed by atoms with Gasteiger partial charge in [0.1, 0.15) is 11.3 Å². The number of rotatable bonds is 2. The number of carboxylic acid groups (broad SMARTS) is 2. The van der Waals surface area contributed by atoms with Crippen molar-refractivity contribution >= 4 is 11.9 Å². The summed E-state index contributed by atoms with van der Waals surface area (Å²) in [5.74, 6) is -3.25. The van der Waals surface area contributed by atoms with Crippen LogP contribution in [0.2, 0.25) is 0 Å². The molecule has 0 unspecified atom stereocenters. The Morgan fingerprint density at radius 1 is 0.800 bits per heavy atom. The van der Waals surface area contributed by atoms with Gasteiger partial charge in [0.25, 0.3) is 0 Å². The van der Waals surface area contributed by atoms with Gasteiger partial charge in [0.05, 0.1) is 5.97 Å². The molecule has 0 aromatic heterocycles. The maximum Gasteiger partial charge on any atom is 0.339 e. The number of aromatic hydroxyl groups is 1. The summed E-state index contributed by atoms with van der Waals surface area (Å²) in [5.41, 5.74) is -0.356. The predicted molar refractivity (Wildman–Crippen MR) is 79.7 cm³/mol. The molecule has 10 N–H and O–H groups in total. The summed E-state index contributed by atoms with van der Waals surface area (Å²) in [6.07, 6.45) is 0. The van der Waals surface area contributed by atoms with Crippen LogP contribution in [-0.2, 0) is 17.1 Å². The Bertz CT molecular complexity index is 577. The quantitative estimate of drug-likeness (QED) is 0.492. The van der Waals surface area contributed by atoms with E-state index in [0.29, 0.717) is 0 Å². The molecule has 0 spiro atoms. The molecule has 0 radical (unpaired) electrons. The average Bonchev–Trinajstić information content (AvgIpc) is 2.40. The van der Waals surface area contributed by atoms with E-state index in [4.69, 9.17) is 10.2 Å². The fourth-order valence-electron chi connectivity index (χ4n) is 1.29. The Balaban J connectivity index is -0.0000000889. The monoisotopic (exact) mass is 402 g/mol. The first-order chi connectivity index (χ1) is 9.43. The van der Waals surface area contributed by atoms with Crippen molar-refractivity contribution in [2.45, 2.75) is 0 Å². The molecule has 0 aliphatic carbocycles. The van der Waals surface area contributed by atoms with Crippen LogP contribution in [0.4, 0.5) is 0 Å². The van der Waals surface area contributed by atoms with E-state index in [-0.39, 0.29) is 55.8 Å². The van der Waals surface area contributed by atoms with E-state index in [2.05, 4.69) is 0 Å². The van der Waals surface area contributed by atoms with Gasteiger partial charge in [-0.1, -0.05) is 42.1 Å². The number of carbonyl (C=O) groups is 2. The SMILES string of the molecule is O.O.O.O.O=C(O)c1ccccc1O.O=C([O-])c1ccccc1[O-].[Fe]. The molecule has 2 aromatic rings. The van der Waals surface area contributed by atoms with Gasteiger partial charge in [-0.3, -0.25) is 0 Å². The van der Waals surface area contributed by atoms with Crippen molar-refractivity contribution < 1.29 is 69.0 Å². The Morgan fingerprint density at radius 2 is 1.20 bits per heavy atom. The maximum absolute atomic E-state index is 10.6. The number of para-hydroxylation sites is 2. The van der Waals surface area contributed by atoms with E-state index in [9.17, 15) is 19.8 Å². The molecule has 25 heavy (non-hydrogen) atoms. The molecule has 0 heterocycles. The fourth-order valence-corrected chi connectivity index (χ4v) is 1.29. The van der Waals surface area contributed by atoms with E-state index in [0.717, 1.165) is 0 Å². The zero-order valence-electron chi connectivity index (χ0n) is 12.5. The zero-order valence-corrected chi connectivity index (χ0v) is 13.6. The van der Waals surface area contributed by atoms with Crippen molar-refractivity contribution in [2.24, 2.45) is 0 Å². The summed E-state index contributed by atoms with van der Waals surface area (Å²) in [7, 11) is 0. The fraction of sp³-hybridized carbons (Fsp3) is 0. The number of hydrogen-bond donors (Lipinski definition) is 2. The van der Waals surface area contributed by atoms with Crippen LogP contribution in [0.1, 0.15) is 20.7 Å². The predicted octanol–water partition coefficient (Wildman–Crippen LogP) is -3.09. The summed E-state index contributed by atoms with van der Waals surface area (Å²) in [6.45, 7) is 0. The van der Waals surface area contributed by atoms with E-state index in [1.54, 1.807) is 12.1 Å². The van der Waals surface area contributed by atoms with Gasteiger partial charge in [-0.2, -0.15) is 0 Å². The van der Waals surface area contributed by atoms with Crippen molar-refractivity contribution in [3.63, 3.8) is 0 Å². The zero-order chi connectivity index (χ0) is 15.1. The van der Waals surface area contributed by atoms with Crippen molar-refractivity contribution in [1.29, 1.82) is 0 Å². The van der Waals surface area contributed by atoms with Crippen molar-refractivity contribution in [1.82, 2.24) is 0 Å². The van der Waals surface area contributed by atoms with E-state index in [1.165, 1.54) is 36.4 Å². The number of aromatic carboxylic acids is 2. The first kappa shape index (κ1) is 33.8. The molecule has 2 rings (SSSR count). The summed E-state index contributed by atoms with van der Waals surface area (Å²) in [4.78, 5) is 20.4. The van der Waals surface area contributed by atoms with Gasteiger partial charge < -0.3 is 47.1 Å². The van der Waals surface area contributed by atoms with Gasteiger partial charge in [-0.15, -0.1) is 0 Å². The summed E-state index contributed by atoms with van der Waals surface area (Å²) < 4.78 is 0. The molecule has 2 aromatic carbocycles. The topological polar surface area (TPSA) is 247 Å². The summed E-state index contributed by atoms with van der Waals surface area (Å²) in [5, 5.41) is 38.1. The Morgan fingerprint density at radius 3 is 1.48 bits per heavy atom. The van der Waals surface area contributed by atoms with Crippen molar-refractivity contribution in [3.05, 3.63) is 59.7 Å². The van der Waals surface area contributed by atoms with E-state index < -0.39 is 17.7 Å². The normalized spacial score (nSPS) is 7.36. The summed E-state index contributed by atoms with van der Waals surface area (Å²) in [6, 6.07) is 11.2. The van der Waals surface area contributed by atoms with Crippen LogP contribution in [0, 0.1) is 0 Å². The standard InChI is InChI=1S/2C7H6O3.Fe.4H2O/c2*8-6-4-2-1-3-5(6)7(9)10;;;;;/h2*1-4,8H,(H,9,10);;4*1H2/p-2. The average molecular weight is 402 g/mol. The van der Waals surface area contributed by atoms with Crippen LogP contribution in [-0.4, -0.2) is 44.1 Å². The first-order valence-electron chi connectivity index (χ1n) is 5.42. The van der Waals surface area contributed by atoms with Crippen molar-refractivity contribution in [3.8, 4) is 11.5 Å². The van der Waals surface area contributed by atoms with E-state index in [1.807, 2.05) is 0 Å². The molecule has 0 saturated carbocycles. The Labute approximate surface area is 152 Å². The third kappa shape index (κ3) is 10.7. The largest absolute Gasteiger partial charge is 0.872 e. The molecule has 0 aliphatic heterocycles. The Hall–Kier alpha value is -2.66. The second-order valence-corrected chi connectivity index (χ2v) is 3.61. The van der Waals surface area contributed by atoms with Crippen molar-refractivity contribution in [2.75, 3.05) is 0 Å². The number of phenols is 1. The molecule has 0 atom stereocenters. The molecular weight excluding hydrogens is 384 g/mol. The maximum atomic E-state index is 10.6. The number of carboxylic acids is 2. The minimum atomic E-state index is -1.43. The van der Waals surface area contributed by atoms with Crippen LogP contribution < -0.4 is 10.2 Å².